The van der Waals surface area contributed by atoms with Crippen LogP contribution in [0.2, 0.25) is 0 Å². The van der Waals surface area contributed by atoms with Crippen molar-refractivity contribution in [2.75, 3.05) is 19.8 Å². The van der Waals surface area contributed by atoms with Gasteiger partial charge in [-0.25, -0.2) is 13.1 Å². The van der Waals surface area contributed by atoms with Crippen molar-refractivity contribution in [3.05, 3.63) is 18.2 Å². The summed E-state index contributed by atoms with van der Waals surface area (Å²) in [5.41, 5.74) is 5.78. The molecule has 0 atom stereocenters. The molecule has 1 aliphatic carbocycles. The van der Waals surface area contributed by atoms with E-state index < -0.39 is 20.0 Å². The third-order valence-corrected chi connectivity index (χ3v) is 6.71. The molecular formula is C15H24N4O4S2. The molecule has 0 unspecified atom stereocenters. The summed E-state index contributed by atoms with van der Waals surface area (Å²) in [5.74, 6) is 0. The van der Waals surface area contributed by atoms with Crippen molar-refractivity contribution >= 4 is 32.1 Å². The second-order valence-electron chi connectivity index (χ2n) is 6.32. The lowest BCUT2D eigenvalue weighted by molar-refractivity contribution is 0.412. The Morgan fingerprint density at radius 2 is 1.80 bits per heavy atom. The Balaban J connectivity index is 2.35. The van der Waals surface area contributed by atoms with Gasteiger partial charge in [-0.2, -0.15) is 8.42 Å². The van der Waals surface area contributed by atoms with Gasteiger partial charge in [0.05, 0.1) is 10.6 Å². The van der Waals surface area contributed by atoms with Gasteiger partial charge in [-0.05, 0) is 31.0 Å². The summed E-state index contributed by atoms with van der Waals surface area (Å²) in [6.45, 7) is 0. The predicted molar refractivity (Wildman–Crippen MR) is 97.4 cm³/mol. The molecule has 0 heterocycles. The van der Waals surface area contributed by atoms with Crippen LogP contribution in [0, 0.1) is 0 Å². The van der Waals surface area contributed by atoms with Crippen LogP contribution in [-0.4, -0.2) is 48.2 Å². The minimum atomic E-state index is -4.01. The van der Waals surface area contributed by atoms with E-state index in [0.717, 1.165) is 44.5 Å². The Labute approximate surface area is 149 Å². The van der Waals surface area contributed by atoms with Crippen LogP contribution in [0.1, 0.15) is 32.1 Å². The first kappa shape index (κ1) is 19.7. The molecule has 10 heteroatoms. The van der Waals surface area contributed by atoms with Crippen LogP contribution in [0.5, 0.6) is 0 Å². The van der Waals surface area contributed by atoms with E-state index in [2.05, 4.69) is 9.12 Å². The minimum absolute atomic E-state index is 0.00107. The molecular weight excluding hydrogens is 364 g/mol. The third kappa shape index (κ3) is 5.16. The van der Waals surface area contributed by atoms with Crippen molar-refractivity contribution in [2.45, 2.75) is 47.9 Å². The number of rotatable bonds is 6. The van der Waals surface area contributed by atoms with E-state index in [1.54, 1.807) is 14.1 Å². The van der Waals surface area contributed by atoms with Crippen LogP contribution >= 0.6 is 0 Å². The zero-order valence-corrected chi connectivity index (χ0v) is 16.0. The molecule has 0 amide bonds. The molecule has 1 aliphatic rings. The highest BCUT2D eigenvalue weighted by atomic mass is 32.2. The fourth-order valence-corrected chi connectivity index (χ4v) is 5.11. The number of nitrogens with zero attached hydrogens (tertiary/aromatic N) is 2. The van der Waals surface area contributed by atoms with Crippen LogP contribution < -0.4 is 10.5 Å². The second-order valence-corrected chi connectivity index (χ2v) is 9.63. The van der Waals surface area contributed by atoms with Gasteiger partial charge in [0.25, 0.3) is 10.0 Å². The SMILES string of the molecule is CN(C)/C=N/S(=O)(=O)c1ccc(N)c(S(=O)(=O)NC2CCCCC2)c1. The number of benzene rings is 1. The van der Waals surface area contributed by atoms with Gasteiger partial charge >= 0.3 is 0 Å². The van der Waals surface area contributed by atoms with Gasteiger partial charge in [0.15, 0.2) is 0 Å². The molecule has 0 aromatic heterocycles. The lowest BCUT2D eigenvalue weighted by atomic mass is 9.96. The summed E-state index contributed by atoms with van der Waals surface area (Å²) in [5, 5.41) is 0. The van der Waals surface area contributed by atoms with E-state index in [1.165, 1.54) is 17.0 Å². The normalized spacial score (nSPS) is 17.0. The molecule has 25 heavy (non-hydrogen) atoms. The van der Waals surface area contributed by atoms with Crippen LogP contribution in [-0.2, 0) is 20.0 Å². The lowest BCUT2D eigenvalue weighted by Gasteiger charge is -2.23. The number of hydrogen-bond donors (Lipinski definition) is 2. The average molecular weight is 389 g/mol. The van der Waals surface area contributed by atoms with E-state index in [0.29, 0.717) is 0 Å². The van der Waals surface area contributed by atoms with E-state index >= 15 is 0 Å². The topological polar surface area (TPSA) is 122 Å². The molecule has 1 aromatic carbocycles. The van der Waals surface area contributed by atoms with Crippen LogP contribution in [0.25, 0.3) is 0 Å². The zero-order valence-electron chi connectivity index (χ0n) is 14.3. The first-order chi connectivity index (χ1) is 11.6. The number of anilines is 1. The molecule has 0 saturated heterocycles. The first-order valence-corrected chi connectivity index (χ1v) is 10.9. The van der Waals surface area contributed by atoms with E-state index in [1.807, 2.05) is 0 Å². The van der Waals surface area contributed by atoms with Crippen molar-refractivity contribution in [1.82, 2.24) is 9.62 Å². The number of nitrogens with two attached hydrogens (primary N) is 1. The van der Waals surface area contributed by atoms with E-state index in [9.17, 15) is 16.8 Å². The van der Waals surface area contributed by atoms with Crippen LogP contribution in [0.4, 0.5) is 5.69 Å². The molecule has 1 aromatic rings. The Morgan fingerprint density at radius 3 is 2.40 bits per heavy atom. The maximum absolute atomic E-state index is 12.6. The molecule has 0 bridgehead atoms. The molecule has 0 spiro atoms. The molecule has 1 fully saturated rings. The fraction of sp³-hybridized carbons (Fsp3) is 0.533. The van der Waals surface area contributed by atoms with E-state index in [-0.39, 0.29) is 21.5 Å². The van der Waals surface area contributed by atoms with Gasteiger partial charge in [-0.1, -0.05) is 19.3 Å². The number of nitrogen functional groups attached to an aromatic ring is 1. The summed E-state index contributed by atoms with van der Waals surface area (Å²) in [6, 6.07) is 3.43. The van der Waals surface area contributed by atoms with Crippen molar-refractivity contribution < 1.29 is 16.8 Å². The van der Waals surface area contributed by atoms with Gasteiger partial charge < -0.3 is 10.6 Å². The molecule has 2 rings (SSSR count). The van der Waals surface area contributed by atoms with Crippen LogP contribution in [0.3, 0.4) is 0 Å². The first-order valence-electron chi connectivity index (χ1n) is 8.00. The lowest BCUT2D eigenvalue weighted by Crippen LogP contribution is -2.36. The Morgan fingerprint density at radius 1 is 1.16 bits per heavy atom. The molecule has 1 saturated carbocycles. The molecule has 140 valence electrons. The van der Waals surface area contributed by atoms with Crippen molar-refractivity contribution in [2.24, 2.45) is 4.40 Å². The molecule has 8 nitrogen and oxygen atoms in total. The summed E-state index contributed by atoms with van der Waals surface area (Å²) in [4.78, 5) is 1.01. The summed E-state index contributed by atoms with van der Waals surface area (Å²) >= 11 is 0. The smallest absolute Gasteiger partial charge is 0.283 e. The highest BCUT2D eigenvalue weighted by Crippen LogP contribution is 2.25. The quantitative estimate of drug-likeness (QED) is 0.428. The fourth-order valence-electron chi connectivity index (χ4n) is 2.63. The number of sulfonamides is 2. The number of nitrogens with one attached hydrogen (secondary N) is 1. The Bertz CT molecular complexity index is 842. The van der Waals surface area contributed by atoms with Crippen molar-refractivity contribution in [3.63, 3.8) is 0 Å². The highest BCUT2D eigenvalue weighted by Gasteiger charge is 2.25. The molecule has 0 aliphatic heterocycles. The van der Waals surface area contributed by atoms with Gasteiger partial charge in [-0.3, -0.25) is 0 Å². The Hall–Kier alpha value is -1.65. The van der Waals surface area contributed by atoms with Gasteiger partial charge in [0.1, 0.15) is 11.2 Å². The molecule has 0 radical (unpaired) electrons. The average Bonchev–Trinajstić information content (AvgIpc) is 2.53. The van der Waals surface area contributed by atoms with Gasteiger partial charge in [0.2, 0.25) is 10.0 Å². The van der Waals surface area contributed by atoms with Gasteiger partial charge in [0, 0.05) is 20.1 Å². The minimum Gasteiger partial charge on any atom is -0.398 e. The van der Waals surface area contributed by atoms with Crippen LogP contribution in [0.15, 0.2) is 32.4 Å². The zero-order chi connectivity index (χ0) is 18.7. The number of hydrogen-bond acceptors (Lipinski definition) is 5. The largest absolute Gasteiger partial charge is 0.398 e. The van der Waals surface area contributed by atoms with Gasteiger partial charge in [-0.15, -0.1) is 4.40 Å². The van der Waals surface area contributed by atoms with Crippen molar-refractivity contribution in [1.29, 1.82) is 0 Å². The Kier molecular flexibility index (Phi) is 6.07. The predicted octanol–water partition coefficient (Wildman–Crippen LogP) is 1.16. The molecule has 3 N–H and O–H groups in total. The summed E-state index contributed by atoms with van der Waals surface area (Å²) in [7, 11) is -4.65. The highest BCUT2D eigenvalue weighted by molar-refractivity contribution is 7.90. The second kappa shape index (κ2) is 7.71. The monoisotopic (exact) mass is 388 g/mol. The summed E-state index contributed by atoms with van der Waals surface area (Å²) < 4.78 is 55.9. The summed E-state index contributed by atoms with van der Waals surface area (Å²) in [6.07, 6.45) is 5.71. The maximum Gasteiger partial charge on any atom is 0.283 e. The standard InChI is InChI=1S/C15H24N4O4S2/c1-19(2)11-17-24(20,21)13-8-9-14(16)15(10-13)25(22,23)18-12-6-4-3-5-7-12/h8-12,18H,3-7,16H2,1-2H3/b17-11+. The third-order valence-electron chi connectivity index (χ3n) is 3.92. The maximum atomic E-state index is 12.6. The van der Waals surface area contributed by atoms with Crippen molar-refractivity contribution in [3.8, 4) is 0 Å². The van der Waals surface area contributed by atoms with E-state index in [4.69, 9.17) is 5.73 Å².